The van der Waals surface area contributed by atoms with Gasteiger partial charge in [0, 0.05) is 6.07 Å². The van der Waals surface area contributed by atoms with E-state index < -0.39 is 4.92 Å². The van der Waals surface area contributed by atoms with Gasteiger partial charge in [0.2, 0.25) is 0 Å². The Kier molecular flexibility index (Phi) is 4.23. The first-order valence-corrected chi connectivity index (χ1v) is 5.79. The van der Waals surface area contributed by atoms with E-state index >= 15 is 0 Å². The topological polar surface area (TPSA) is 69.2 Å². The van der Waals surface area contributed by atoms with Crippen LogP contribution in [0.25, 0.3) is 0 Å². The van der Waals surface area contributed by atoms with Crippen LogP contribution in [-0.4, -0.2) is 10.7 Å². The fourth-order valence-corrected chi connectivity index (χ4v) is 2.31. The number of nitrogen functional groups attached to an aromatic ring is 1. The molecule has 1 aromatic carbocycles. The van der Waals surface area contributed by atoms with Gasteiger partial charge < -0.3 is 5.73 Å². The molecule has 1 aromatic rings. The van der Waals surface area contributed by atoms with Crippen molar-refractivity contribution in [3.63, 3.8) is 0 Å². The van der Waals surface area contributed by atoms with Crippen LogP contribution in [0.4, 0.5) is 11.4 Å². The fourth-order valence-electron chi connectivity index (χ4n) is 1.05. The molecule has 0 aliphatic heterocycles. The number of nitrogens with two attached hydrogens (primary N) is 1. The average Bonchev–Trinajstić information content (AvgIpc) is 2.19. The fraction of sp³-hybridized carbons (Fsp3) is 0.333. The average molecular weight is 247 g/mol. The highest BCUT2D eigenvalue weighted by Crippen LogP contribution is 2.39. The number of benzene rings is 1. The molecule has 0 aromatic heterocycles. The van der Waals surface area contributed by atoms with Gasteiger partial charge in [-0.15, -0.1) is 11.8 Å². The maximum absolute atomic E-state index is 10.7. The molecule has 0 amide bonds. The van der Waals surface area contributed by atoms with Crippen molar-refractivity contribution < 1.29 is 4.92 Å². The molecular formula is C9H11ClN2O2S. The maximum atomic E-state index is 10.7. The van der Waals surface area contributed by atoms with Crippen molar-refractivity contribution in [3.8, 4) is 0 Å². The minimum absolute atomic E-state index is 0.0210. The molecule has 1 rings (SSSR count). The molecule has 82 valence electrons. The number of nitrogens with zero attached hydrogens (tertiary/aromatic N) is 1. The molecule has 0 atom stereocenters. The number of hydrogen-bond acceptors (Lipinski definition) is 4. The third kappa shape index (κ3) is 2.76. The third-order valence-corrected chi connectivity index (χ3v) is 3.59. The summed E-state index contributed by atoms with van der Waals surface area (Å²) in [7, 11) is 0. The molecule has 0 bridgehead atoms. The van der Waals surface area contributed by atoms with E-state index in [9.17, 15) is 10.1 Å². The summed E-state index contributed by atoms with van der Waals surface area (Å²) in [5.74, 6) is 0.782. The molecule has 0 fully saturated rings. The van der Waals surface area contributed by atoms with Gasteiger partial charge in [0.25, 0.3) is 5.69 Å². The highest BCUT2D eigenvalue weighted by atomic mass is 35.5. The summed E-state index contributed by atoms with van der Waals surface area (Å²) >= 11 is 7.29. The van der Waals surface area contributed by atoms with Crippen LogP contribution < -0.4 is 5.73 Å². The van der Waals surface area contributed by atoms with Crippen molar-refractivity contribution in [2.45, 2.75) is 18.2 Å². The molecule has 2 N–H and O–H groups in total. The lowest BCUT2D eigenvalue weighted by Crippen LogP contribution is -1.95. The van der Waals surface area contributed by atoms with Gasteiger partial charge in [-0.2, -0.15) is 0 Å². The summed E-state index contributed by atoms with van der Waals surface area (Å²) in [6.45, 7) is 2.00. The highest BCUT2D eigenvalue weighted by molar-refractivity contribution is 7.99. The van der Waals surface area contributed by atoms with E-state index in [0.29, 0.717) is 10.6 Å². The normalized spacial score (nSPS) is 10.3. The minimum atomic E-state index is -0.441. The molecular weight excluding hydrogens is 236 g/mol. The van der Waals surface area contributed by atoms with Gasteiger partial charge in [-0.25, -0.2) is 0 Å². The molecule has 0 heterocycles. The maximum Gasteiger partial charge on any atom is 0.284 e. The van der Waals surface area contributed by atoms with Crippen LogP contribution in [0.3, 0.4) is 0 Å². The highest BCUT2D eigenvalue weighted by Gasteiger charge is 2.18. The molecule has 4 nitrogen and oxygen atoms in total. The lowest BCUT2D eigenvalue weighted by Gasteiger charge is -2.06. The molecule has 0 aliphatic carbocycles. The van der Waals surface area contributed by atoms with Crippen LogP contribution in [0.1, 0.15) is 13.3 Å². The molecule has 15 heavy (non-hydrogen) atoms. The second-order valence-corrected chi connectivity index (χ2v) is 4.41. The monoisotopic (exact) mass is 246 g/mol. The first kappa shape index (κ1) is 12.1. The van der Waals surface area contributed by atoms with Crippen molar-refractivity contribution >= 4 is 34.7 Å². The Bertz CT molecular complexity index is 385. The van der Waals surface area contributed by atoms with Crippen molar-refractivity contribution in [2.24, 2.45) is 0 Å². The minimum Gasteiger partial charge on any atom is -0.397 e. The van der Waals surface area contributed by atoms with Crippen molar-refractivity contribution in [3.05, 3.63) is 27.3 Å². The van der Waals surface area contributed by atoms with E-state index in [4.69, 9.17) is 17.3 Å². The number of thioether (sulfide) groups is 1. The largest absolute Gasteiger partial charge is 0.397 e. The van der Waals surface area contributed by atoms with Crippen LogP contribution in [-0.2, 0) is 0 Å². The Morgan fingerprint density at radius 1 is 1.60 bits per heavy atom. The molecule has 0 unspecified atom stereocenters. The second kappa shape index (κ2) is 5.23. The number of nitro groups is 1. The van der Waals surface area contributed by atoms with E-state index in [1.807, 2.05) is 6.92 Å². The molecule has 0 aliphatic rings. The molecule has 0 radical (unpaired) electrons. The van der Waals surface area contributed by atoms with E-state index in [2.05, 4.69) is 0 Å². The predicted molar refractivity (Wildman–Crippen MR) is 63.5 cm³/mol. The summed E-state index contributed by atoms with van der Waals surface area (Å²) in [4.78, 5) is 10.8. The molecule has 6 heteroatoms. The first-order valence-electron chi connectivity index (χ1n) is 4.43. The smallest absolute Gasteiger partial charge is 0.284 e. The summed E-state index contributed by atoms with van der Waals surface area (Å²) in [6.07, 6.45) is 0.924. The lowest BCUT2D eigenvalue weighted by atomic mass is 10.3. The van der Waals surface area contributed by atoms with E-state index in [-0.39, 0.29) is 10.7 Å². The Labute approximate surface area is 96.9 Å². The number of rotatable bonds is 4. The Morgan fingerprint density at radius 3 is 2.80 bits per heavy atom. The van der Waals surface area contributed by atoms with Crippen LogP contribution in [0.2, 0.25) is 5.02 Å². The standard InChI is InChI=1S/C9H11ClN2O2S/c1-2-5-15-9-7(12(13)14)4-3-6(11)8(9)10/h3-4H,2,5,11H2,1H3. The van der Waals surface area contributed by atoms with Crippen molar-refractivity contribution in [1.82, 2.24) is 0 Å². The molecule has 0 saturated carbocycles. The van der Waals surface area contributed by atoms with Gasteiger partial charge in [-0.1, -0.05) is 18.5 Å². The zero-order valence-electron chi connectivity index (χ0n) is 8.20. The van der Waals surface area contributed by atoms with Gasteiger partial charge in [0.05, 0.1) is 15.6 Å². The van der Waals surface area contributed by atoms with Gasteiger partial charge in [-0.05, 0) is 18.2 Å². The van der Waals surface area contributed by atoms with Gasteiger partial charge >= 0.3 is 0 Å². The second-order valence-electron chi connectivity index (χ2n) is 2.92. The summed E-state index contributed by atoms with van der Waals surface area (Å²) in [5.41, 5.74) is 5.99. The summed E-state index contributed by atoms with van der Waals surface area (Å²) in [5, 5.41) is 11.0. The SMILES string of the molecule is CCCSc1c([N+](=O)[O-])ccc(N)c1Cl. The Morgan fingerprint density at radius 2 is 2.27 bits per heavy atom. The summed E-state index contributed by atoms with van der Waals surface area (Å²) < 4.78 is 0. The zero-order chi connectivity index (χ0) is 11.4. The number of hydrogen-bond donors (Lipinski definition) is 1. The number of nitro benzene ring substituents is 1. The van der Waals surface area contributed by atoms with Crippen LogP contribution in [0.15, 0.2) is 17.0 Å². The van der Waals surface area contributed by atoms with Crippen LogP contribution >= 0.6 is 23.4 Å². The van der Waals surface area contributed by atoms with Crippen molar-refractivity contribution in [1.29, 1.82) is 0 Å². The van der Waals surface area contributed by atoms with E-state index in [1.165, 1.54) is 23.9 Å². The van der Waals surface area contributed by atoms with Gasteiger partial charge in [0.15, 0.2) is 0 Å². The van der Waals surface area contributed by atoms with E-state index in [1.54, 1.807) is 0 Å². The molecule has 0 saturated heterocycles. The quantitative estimate of drug-likeness (QED) is 0.383. The van der Waals surface area contributed by atoms with Gasteiger partial charge in [0.1, 0.15) is 4.90 Å². The number of halogens is 1. The van der Waals surface area contributed by atoms with E-state index in [0.717, 1.165) is 12.2 Å². The van der Waals surface area contributed by atoms with Crippen LogP contribution in [0.5, 0.6) is 0 Å². The van der Waals surface area contributed by atoms with Crippen LogP contribution in [0, 0.1) is 10.1 Å². The zero-order valence-corrected chi connectivity index (χ0v) is 9.77. The third-order valence-electron chi connectivity index (χ3n) is 1.75. The Balaban J connectivity index is 3.16. The summed E-state index contributed by atoms with van der Waals surface area (Å²) in [6, 6.07) is 2.84. The Hall–Kier alpha value is -0.940. The van der Waals surface area contributed by atoms with Gasteiger partial charge in [-0.3, -0.25) is 10.1 Å². The predicted octanol–water partition coefficient (Wildman–Crippen LogP) is 3.33. The number of anilines is 1. The lowest BCUT2D eigenvalue weighted by molar-refractivity contribution is -0.387. The molecule has 0 spiro atoms. The first-order chi connectivity index (χ1) is 7.07. The van der Waals surface area contributed by atoms with Crippen molar-refractivity contribution in [2.75, 3.05) is 11.5 Å².